The molecule has 2 aromatic rings. The highest BCUT2D eigenvalue weighted by Gasteiger charge is 2.45. The summed E-state index contributed by atoms with van der Waals surface area (Å²) in [7, 11) is 6.92. The number of amides is 1. The predicted octanol–water partition coefficient (Wildman–Crippen LogP) is 3.84. The summed E-state index contributed by atoms with van der Waals surface area (Å²) in [5.41, 5.74) is 1.17. The van der Waals surface area contributed by atoms with Gasteiger partial charge in [0.2, 0.25) is 0 Å². The molecule has 1 saturated heterocycles. The van der Waals surface area contributed by atoms with Crippen molar-refractivity contribution in [1.82, 2.24) is 9.80 Å². The number of nitrogens with zero attached hydrogens (tertiary/aromatic N) is 2. The average molecular weight is 503 g/mol. The Morgan fingerprint density at radius 3 is 2.44 bits per heavy atom. The number of hydrogen-bond acceptors (Lipinski definition) is 6. The molecule has 1 aliphatic rings. The number of methoxy groups -OCH3 is 2. The number of likely N-dealkylation sites (tertiary alicyclic amines) is 1. The minimum atomic E-state index is -0.702. The molecule has 0 aliphatic carbocycles. The van der Waals surface area contributed by atoms with Crippen molar-refractivity contribution in [3.05, 3.63) is 63.6 Å². The molecule has 2 aromatic carbocycles. The zero-order chi connectivity index (χ0) is 23.4. The van der Waals surface area contributed by atoms with Gasteiger partial charge in [-0.15, -0.1) is 0 Å². The number of hydrogen-bond donors (Lipinski definition) is 1. The van der Waals surface area contributed by atoms with Crippen molar-refractivity contribution >= 4 is 33.4 Å². The fourth-order valence-corrected chi connectivity index (χ4v) is 4.25. The lowest BCUT2D eigenvalue weighted by molar-refractivity contribution is -0.139. The predicted molar refractivity (Wildman–Crippen MR) is 126 cm³/mol. The van der Waals surface area contributed by atoms with E-state index in [0.29, 0.717) is 30.0 Å². The second-order valence-corrected chi connectivity index (χ2v) is 8.69. The van der Waals surface area contributed by atoms with E-state index in [1.165, 1.54) is 14.2 Å². The van der Waals surface area contributed by atoms with Crippen LogP contribution in [0.3, 0.4) is 0 Å². The van der Waals surface area contributed by atoms with E-state index in [1.807, 2.05) is 43.3 Å². The van der Waals surface area contributed by atoms with Gasteiger partial charge in [-0.05, 0) is 63.0 Å². The number of benzene rings is 2. The van der Waals surface area contributed by atoms with Gasteiger partial charge < -0.3 is 24.4 Å². The van der Waals surface area contributed by atoms with Crippen LogP contribution >= 0.6 is 15.9 Å². The Hall–Kier alpha value is -2.84. The zero-order valence-corrected chi connectivity index (χ0v) is 20.2. The number of rotatable bonds is 8. The summed E-state index contributed by atoms with van der Waals surface area (Å²) in [6.07, 6.45) is 0.695. The molecule has 7 nitrogen and oxygen atoms in total. The molecule has 1 aliphatic heterocycles. The van der Waals surface area contributed by atoms with Crippen molar-refractivity contribution in [2.75, 3.05) is 41.4 Å². The van der Waals surface area contributed by atoms with Crippen LogP contribution in [0.25, 0.3) is 5.76 Å². The molecule has 8 heteroatoms. The van der Waals surface area contributed by atoms with Crippen LogP contribution in [0.5, 0.6) is 11.5 Å². The summed E-state index contributed by atoms with van der Waals surface area (Å²) in [5, 5.41) is 11.2. The monoisotopic (exact) mass is 502 g/mol. The number of ether oxygens (including phenoxy) is 2. The fraction of sp³-hybridized carbons (Fsp3) is 0.333. The Labute approximate surface area is 196 Å². The van der Waals surface area contributed by atoms with E-state index in [2.05, 4.69) is 15.9 Å². The third-order valence-corrected chi connectivity index (χ3v) is 5.86. The van der Waals surface area contributed by atoms with Crippen LogP contribution in [0.15, 0.2) is 52.5 Å². The maximum absolute atomic E-state index is 13.1. The second kappa shape index (κ2) is 10.2. The molecule has 1 atom stereocenters. The van der Waals surface area contributed by atoms with Crippen LogP contribution in [0, 0.1) is 0 Å². The zero-order valence-electron chi connectivity index (χ0n) is 18.6. The van der Waals surface area contributed by atoms with Gasteiger partial charge in [-0.2, -0.15) is 0 Å². The molecule has 1 amide bonds. The van der Waals surface area contributed by atoms with E-state index in [-0.39, 0.29) is 11.3 Å². The Bertz CT molecular complexity index is 1050. The highest BCUT2D eigenvalue weighted by atomic mass is 79.9. The smallest absolute Gasteiger partial charge is 0.295 e. The van der Waals surface area contributed by atoms with E-state index in [1.54, 1.807) is 23.1 Å². The van der Waals surface area contributed by atoms with Crippen LogP contribution in [0.1, 0.15) is 23.6 Å². The van der Waals surface area contributed by atoms with Gasteiger partial charge in [0, 0.05) is 16.6 Å². The van der Waals surface area contributed by atoms with E-state index >= 15 is 0 Å². The van der Waals surface area contributed by atoms with Crippen LogP contribution in [0.2, 0.25) is 0 Å². The summed E-state index contributed by atoms with van der Waals surface area (Å²) < 4.78 is 11.4. The summed E-state index contributed by atoms with van der Waals surface area (Å²) >= 11 is 3.46. The van der Waals surface area contributed by atoms with Crippen molar-refractivity contribution in [1.29, 1.82) is 0 Å². The molecular formula is C24H27BrN2O5. The third-order valence-electron chi connectivity index (χ3n) is 5.37. The van der Waals surface area contributed by atoms with Crippen LogP contribution in [0.4, 0.5) is 0 Å². The first-order chi connectivity index (χ1) is 15.3. The SMILES string of the molecule is COc1ccc(/C(O)=C2/C(=O)C(=O)N(CCCN(C)C)C2c2cccc(Br)c2)cc1OC. The van der Waals surface area contributed by atoms with Crippen LogP contribution < -0.4 is 9.47 Å². The van der Waals surface area contributed by atoms with E-state index in [9.17, 15) is 14.7 Å². The molecule has 170 valence electrons. The number of aliphatic hydroxyl groups excluding tert-OH is 1. The molecule has 0 aromatic heterocycles. The van der Waals surface area contributed by atoms with Crippen molar-refractivity contribution in [2.24, 2.45) is 0 Å². The minimum Gasteiger partial charge on any atom is -0.507 e. The number of carbonyl (C=O) groups is 2. The maximum atomic E-state index is 13.1. The lowest BCUT2D eigenvalue weighted by atomic mass is 9.95. The maximum Gasteiger partial charge on any atom is 0.295 e. The third kappa shape index (κ3) is 4.81. The topological polar surface area (TPSA) is 79.3 Å². The first-order valence-corrected chi connectivity index (χ1v) is 11.0. The summed E-state index contributed by atoms with van der Waals surface area (Å²) in [5.74, 6) is -0.653. The quantitative estimate of drug-likeness (QED) is 0.335. The van der Waals surface area contributed by atoms with Crippen molar-refractivity contribution in [3.8, 4) is 11.5 Å². The largest absolute Gasteiger partial charge is 0.507 e. The number of aliphatic hydroxyl groups is 1. The number of ketones is 1. The van der Waals surface area contributed by atoms with Gasteiger partial charge in [0.15, 0.2) is 11.5 Å². The molecule has 1 fully saturated rings. The Morgan fingerprint density at radius 2 is 1.81 bits per heavy atom. The van der Waals surface area contributed by atoms with Gasteiger partial charge in [-0.1, -0.05) is 28.1 Å². The van der Waals surface area contributed by atoms with Crippen molar-refractivity contribution in [2.45, 2.75) is 12.5 Å². The molecule has 3 rings (SSSR count). The highest BCUT2D eigenvalue weighted by Crippen LogP contribution is 2.41. The second-order valence-electron chi connectivity index (χ2n) is 7.77. The average Bonchev–Trinajstić information content (AvgIpc) is 3.02. The Morgan fingerprint density at radius 1 is 1.09 bits per heavy atom. The van der Waals surface area contributed by atoms with Gasteiger partial charge in [-0.25, -0.2) is 0 Å². The van der Waals surface area contributed by atoms with Gasteiger partial charge in [0.05, 0.1) is 25.8 Å². The molecule has 1 heterocycles. The van der Waals surface area contributed by atoms with Crippen molar-refractivity contribution in [3.63, 3.8) is 0 Å². The van der Waals surface area contributed by atoms with E-state index in [4.69, 9.17) is 9.47 Å². The van der Waals surface area contributed by atoms with Crippen molar-refractivity contribution < 1.29 is 24.2 Å². The summed E-state index contributed by atoms with van der Waals surface area (Å²) in [6, 6.07) is 11.6. The summed E-state index contributed by atoms with van der Waals surface area (Å²) in [4.78, 5) is 29.6. The van der Waals surface area contributed by atoms with E-state index < -0.39 is 17.7 Å². The Kier molecular flexibility index (Phi) is 7.58. The standard InChI is InChI=1S/C24H27BrN2O5/c1-26(2)11-6-12-27-21(15-7-5-8-17(25)13-15)20(23(29)24(27)30)22(28)16-9-10-18(31-3)19(14-16)32-4/h5,7-10,13-14,21,28H,6,11-12H2,1-4H3/b22-20-. The minimum absolute atomic E-state index is 0.0603. The van der Waals surface area contributed by atoms with Crippen LogP contribution in [-0.2, 0) is 9.59 Å². The lowest BCUT2D eigenvalue weighted by Crippen LogP contribution is -2.32. The molecule has 1 unspecified atom stereocenters. The molecule has 0 spiro atoms. The highest BCUT2D eigenvalue weighted by molar-refractivity contribution is 9.10. The molecule has 1 N–H and O–H groups in total. The lowest BCUT2D eigenvalue weighted by Gasteiger charge is -2.26. The van der Waals surface area contributed by atoms with Gasteiger partial charge in [-0.3, -0.25) is 9.59 Å². The van der Waals surface area contributed by atoms with Crippen LogP contribution in [-0.4, -0.2) is 68.0 Å². The van der Waals surface area contributed by atoms with Gasteiger partial charge >= 0.3 is 0 Å². The number of Topliss-reactive ketones (excluding diaryl/α,β-unsaturated/α-hetero) is 1. The van der Waals surface area contributed by atoms with Gasteiger partial charge in [0.1, 0.15) is 5.76 Å². The first-order valence-electron chi connectivity index (χ1n) is 10.2. The molecule has 0 radical (unpaired) electrons. The molecule has 32 heavy (non-hydrogen) atoms. The first kappa shape index (κ1) is 23.8. The molecule has 0 saturated carbocycles. The fourth-order valence-electron chi connectivity index (χ4n) is 3.83. The Balaban J connectivity index is 2.12. The van der Waals surface area contributed by atoms with Gasteiger partial charge in [0.25, 0.3) is 11.7 Å². The van der Waals surface area contributed by atoms with E-state index in [0.717, 1.165) is 16.6 Å². The molecule has 0 bridgehead atoms. The molecular weight excluding hydrogens is 476 g/mol. The number of carbonyl (C=O) groups excluding carboxylic acids is 2. The number of halogens is 1. The normalized spacial score (nSPS) is 17.8. The summed E-state index contributed by atoms with van der Waals surface area (Å²) in [6.45, 7) is 1.16.